The van der Waals surface area contributed by atoms with Crippen LogP contribution < -0.4 is 15.0 Å². The van der Waals surface area contributed by atoms with Crippen LogP contribution in [-0.4, -0.2) is 23.1 Å². The summed E-state index contributed by atoms with van der Waals surface area (Å²) in [7, 11) is 0. The van der Waals surface area contributed by atoms with Crippen LogP contribution in [0.5, 0.6) is 11.5 Å². The van der Waals surface area contributed by atoms with Crippen molar-refractivity contribution >= 4 is 44.8 Å². The van der Waals surface area contributed by atoms with Crippen LogP contribution >= 0.6 is 23.1 Å². The fraction of sp³-hybridized carbons (Fsp3) is 0.143. The van der Waals surface area contributed by atoms with E-state index >= 15 is 0 Å². The maximum Gasteiger partial charge on any atom is 0.148 e. The summed E-state index contributed by atoms with van der Waals surface area (Å²) in [6, 6.07) is 44.8. The van der Waals surface area contributed by atoms with Crippen LogP contribution in [0.2, 0.25) is 0 Å². The van der Waals surface area contributed by atoms with Gasteiger partial charge < -0.3 is 15.0 Å². The van der Waals surface area contributed by atoms with Gasteiger partial charge in [0.05, 0.1) is 16.6 Å². The molecule has 1 unspecified atom stereocenters. The Morgan fingerprint density at radius 3 is 2.43 bits per heavy atom. The number of aryl methyl sites for hydroxylation is 1. The monoisotopic (exact) mass is 674 g/mol. The van der Waals surface area contributed by atoms with E-state index in [4.69, 9.17) is 14.7 Å². The van der Waals surface area contributed by atoms with E-state index in [9.17, 15) is 0 Å². The second kappa shape index (κ2) is 13.2. The van der Waals surface area contributed by atoms with Crippen molar-refractivity contribution in [2.24, 2.45) is 0 Å². The lowest BCUT2D eigenvalue weighted by atomic mass is 9.86. The molecule has 0 radical (unpaired) electrons. The molecule has 2 aromatic heterocycles. The summed E-state index contributed by atoms with van der Waals surface area (Å²) in [5, 5.41) is 4.93. The summed E-state index contributed by atoms with van der Waals surface area (Å²) in [5.41, 5.74) is 9.55. The topological polar surface area (TPSA) is 50.3 Å². The highest BCUT2D eigenvalue weighted by atomic mass is 32.2. The van der Waals surface area contributed by atoms with Gasteiger partial charge in [-0.2, -0.15) is 0 Å². The Hall–Kier alpha value is -4.95. The lowest BCUT2D eigenvalue weighted by Crippen LogP contribution is -2.33. The van der Waals surface area contributed by atoms with Gasteiger partial charge in [-0.1, -0.05) is 102 Å². The normalized spacial score (nSPS) is 15.5. The zero-order valence-electron chi connectivity index (χ0n) is 26.9. The summed E-state index contributed by atoms with van der Waals surface area (Å²) in [4.78, 5) is 15.6. The Morgan fingerprint density at radius 2 is 1.57 bits per heavy atom. The minimum Gasteiger partial charge on any atom is -0.456 e. The van der Waals surface area contributed by atoms with Crippen LogP contribution in [0.1, 0.15) is 34.7 Å². The van der Waals surface area contributed by atoms with Crippen molar-refractivity contribution in [2.45, 2.75) is 35.1 Å². The van der Waals surface area contributed by atoms with Crippen molar-refractivity contribution in [2.75, 3.05) is 18.0 Å². The lowest BCUT2D eigenvalue weighted by Gasteiger charge is -2.38. The summed E-state index contributed by atoms with van der Waals surface area (Å²) in [6.45, 7) is 1.77. The molecule has 0 saturated carbocycles. The van der Waals surface area contributed by atoms with Crippen molar-refractivity contribution < 1.29 is 4.74 Å². The molecule has 0 amide bonds. The molecule has 4 heterocycles. The quantitative estimate of drug-likeness (QED) is 0.182. The molecule has 9 rings (SSSR count). The second-order valence-corrected chi connectivity index (χ2v) is 14.5. The number of hydrogen-bond acceptors (Lipinski definition) is 7. The summed E-state index contributed by atoms with van der Waals surface area (Å²) in [6.07, 6.45) is 4.95. The highest BCUT2D eigenvalue weighted by Crippen LogP contribution is 2.54. The van der Waals surface area contributed by atoms with Gasteiger partial charge in [0, 0.05) is 41.0 Å². The fourth-order valence-corrected chi connectivity index (χ4v) is 9.08. The Bertz CT molecular complexity index is 2240. The Balaban J connectivity index is 1.40. The number of aromatic nitrogens is 2. The summed E-state index contributed by atoms with van der Waals surface area (Å²) < 4.78 is 7.13. The van der Waals surface area contributed by atoms with Gasteiger partial charge in [0.15, 0.2) is 0 Å². The molecule has 0 spiro atoms. The predicted octanol–water partition coefficient (Wildman–Crippen LogP) is 10.6. The number of nitrogens with zero attached hydrogens (tertiary/aromatic N) is 3. The number of benzene rings is 5. The molecule has 5 nitrogen and oxygen atoms in total. The van der Waals surface area contributed by atoms with Gasteiger partial charge in [-0.05, 0) is 84.5 Å². The second-order valence-electron chi connectivity index (χ2n) is 12.4. The fourth-order valence-electron chi connectivity index (χ4n) is 7.19. The molecule has 0 bridgehead atoms. The Kier molecular flexibility index (Phi) is 8.09. The number of nitrogens with one attached hydrogen (secondary N) is 1. The van der Waals surface area contributed by atoms with Gasteiger partial charge in [-0.3, -0.25) is 0 Å². The number of fused-ring (bicyclic) bond motifs is 3. The van der Waals surface area contributed by atoms with Gasteiger partial charge in [-0.15, -0.1) is 0 Å². The Morgan fingerprint density at radius 1 is 0.796 bits per heavy atom. The molecule has 1 N–H and O–H groups in total. The van der Waals surface area contributed by atoms with Crippen LogP contribution in [0.4, 0.5) is 11.4 Å². The SMILES string of the molecule is c1ccc(Oc2c(Sc3ccccc3)cc(-c3nc4cccnc4s3)c(N3CCCc4ccccc43)c2C2NCCc3ccccc32)cc1. The minimum absolute atomic E-state index is 0.102. The van der Waals surface area contributed by atoms with Gasteiger partial charge >= 0.3 is 0 Å². The molecule has 7 heteroatoms. The molecule has 1 atom stereocenters. The molecule has 240 valence electrons. The number of thiazole rings is 1. The van der Waals surface area contributed by atoms with Crippen LogP contribution in [0.25, 0.3) is 20.9 Å². The summed E-state index contributed by atoms with van der Waals surface area (Å²) >= 11 is 3.40. The maximum absolute atomic E-state index is 7.13. The number of pyridine rings is 1. The van der Waals surface area contributed by atoms with Crippen LogP contribution in [0.3, 0.4) is 0 Å². The van der Waals surface area contributed by atoms with E-state index in [1.807, 2.05) is 42.6 Å². The first kappa shape index (κ1) is 30.1. The maximum atomic E-state index is 7.13. The van der Waals surface area contributed by atoms with Crippen LogP contribution in [0.15, 0.2) is 143 Å². The number of ether oxygens (including phenoxy) is 1. The highest BCUT2D eigenvalue weighted by Gasteiger charge is 2.35. The molecule has 2 aliphatic rings. The van der Waals surface area contributed by atoms with Gasteiger partial charge in [0.2, 0.25) is 0 Å². The van der Waals surface area contributed by atoms with Crippen molar-refractivity contribution in [3.63, 3.8) is 0 Å². The zero-order chi connectivity index (χ0) is 32.6. The van der Waals surface area contributed by atoms with E-state index in [1.54, 1.807) is 23.1 Å². The van der Waals surface area contributed by atoms with Gasteiger partial charge in [0.1, 0.15) is 26.9 Å². The average molecular weight is 675 g/mol. The third-order valence-corrected chi connectivity index (χ3v) is 11.4. The molecule has 0 fully saturated rings. The molecular weight excluding hydrogens is 641 g/mol. The summed E-state index contributed by atoms with van der Waals surface area (Å²) in [5.74, 6) is 1.68. The zero-order valence-corrected chi connectivity index (χ0v) is 28.5. The predicted molar refractivity (Wildman–Crippen MR) is 202 cm³/mol. The smallest absolute Gasteiger partial charge is 0.148 e. The van der Waals surface area contributed by atoms with Crippen LogP contribution in [-0.2, 0) is 12.8 Å². The van der Waals surface area contributed by atoms with Crippen LogP contribution in [0, 0.1) is 0 Å². The molecule has 0 saturated heterocycles. The van der Waals surface area contributed by atoms with Gasteiger partial charge in [-0.25, -0.2) is 9.97 Å². The van der Waals surface area contributed by atoms with E-state index in [-0.39, 0.29) is 6.04 Å². The first-order valence-corrected chi connectivity index (χ1v) is 18.5. The van der Waals surface area contributed by atoms with Crippen molar-refractivity contribution in [1.29, 1.82) is 0 Å². The number of hydrogen-bond donors (Lipinski definition) is 1. The highest BCUT2D eigenvalue weighted by molar-refractivity contribution is 7.99. The molecule has 49 heavy (non-hydrogen) atoms. The molecule has 0 aliphatic carbocycles. The molecular formula is C42H34N4OS2. The van der Waals surface area contributed by atoms with Crippen molar-refractivity contribution in [1.82, 2.24) is 15.3 Å². The number of rotatable bonds is 7. The Labute approximate surface area is 294 Å². The first-order chi connectivity index (χ1) is 24.3. The lowest BCUT2D eigenvalue weighted by molar-refractivity contribution is 0.451. The number of para-hydroxylation sites is 2. The molecule has 2 aliphatic heterocycles. The standard InChI is InChI=1S/C42H34N4OS2/c1-3-16-30(17-4-1)47-40-36(48-31-18-5-2-6-19-31)27-33(41-45-34-21-11-24-44-42(34)49-41)39(46-26-12-15-29-14-8-10-22-35(29)46)37(40)38-32-20-9-7-13-28(32)23-25-43-38/h1-11,13-14,16-22,24,27,38,43H,12,15,23,25-26H2. The van der Waals surface area contributed by atoms with Crippen molar-refractivity contribution in [3.8, 4) is 22.1 Å². The largest absolute Gasteiger partial charge is 0.456 e. The van der Waals surface area contributed by atoms with Crippen molar-refractivity contribution in [3.05, 3.63) is 156 Å². The van der Waals surface area contributed by atoms with E-state index in [1.165, 1.54) is 22.4 Å². The third-order valence-electron chi connectivity index (χ3n) is 9.36. The van der Waals surface area contributed by atoms with Gasteiger partial charge in [0.25, 0.3) is 0 Å². The molecule has 5 aromatic carbocycles. The van der Waals surface area contributed by atoms with E-state index in [0.29, 0.717) is 0 Å². The third kappa shape index (κ3) is 5.78. The average Bonchev–Trinajstić information content (AvgIpc) is 3.60. The van der Waals surface area contributed by atoms with E-state index < -0.39 is 0 Å². The molecule has 7 aromatic rings. The van der Waals surface area contributed by atoms with E-state index in [0.717, 1.165) is 85.8 Å². The minimum atomic E-state index is -0.102. The van der Waals surface area contributed by atoms with E-state index in [2.05, 4.69) is 101 Å². The number of anilines is 2. The first-order valence-electron chi connectivity index (χ1n) is 16.9.